The van der Waals surface area contributed by atoms with E-state index in [1.54, 1.807) is 97.6 Å². The first-order chi connectivity index (χ1) is 23.7. The maximum atomic E-state index is 10.2. The van der Waals surface area contributed by atoms with Gasteiger partial charge in [-0.2, -0.15) is 21.0 Å². The molecule has 0 saturated carbocycles. The number of nitriles is 4. The molecule has 0 aliphatic heterocycles. The summed E-state index contributed by atoms with van der Waals surface area (Å²) in [4.78, 5) is 37.8. The van der Waals surface area contributed by atoms with Gasteiger partial charge in [0.15, 0.2) is 0 Å². The monoisotopic (exact) mass is 616 g/mol. The minimum atomic E-state index is -0.328. The molecule has 220 valence electrons. The molecule has 0 radical (unpaired) electrons. The summed E-state index contributed by atoms with van der Waals surface area (Å²) in [5, 5.41) is 41.0. The third kappa shape index (κ3) is 4.87. The summed E-state index contributed by atoms with van der Waals surface area (Å²) in [5.74, 6) is 0. The van der Waals surface area contributed by atoms with E-state index in [4.69, 9.17) is 19.9 Å². The second-order valence-electron chi connectivity index (χ2n) is 10.0. The van der Waals surface area contributed by atoms with Crippen molar-refractivity contribution in [2.45, 2.75) is 0 Å². The van der Waals surface area contributed by atoms with Crippen molar-refractivity contribution in [3.63, 3.8) is 0 Å². The Morgan fingerprint density at radius 1 is 0.375 bits per heavy atom. The lowest BCUT2D eigenvalue weighted by molar-refractivity contribution is 1.18. The van der Waals surface area contributed by atoms with E-state index in [1.165, 1.54) is 0 Å². The van der Waals surface area contributed by atoms with E-state index in [9.17, 15) is 21.0 Å². The van der Waals surface area contributed by atoms with Crippen molar-refractivity contribution < 1.29 is 0 Å². The Kier molecular flexibility index (Phi) is 7.42. The second-order valence-corrected chi connectivity index (χ2v) is 10.0. The van der Waals surface area contributed by atoms with Gasteiger partial charge in [0.25, 0.3) is 0 Å². The molecule has 6 heterocycles. The number of rotatable bonds is 4. The molecule has 6 aromatic heterocycles. The summed E-state index contributed by atoms with van der Waals surface area (Å²) in [6.45, 7) is 0. The minimum absolute atomic E-state index is 0.0264. The summed E-state index contributed by atoms with van der Waals surface area (Å²) in [5.41, 5.74) is 2.45. The smallest absolute Gasteiger partial charge is 0.141 e. The molecular formula is C36H16N12. The highest BCUT2D eigenvalue weighted by molar-refractivity contribution is 6.03. The summed E-state index contributed by atoms with van der Waals surface area (Å²) in [6.07, 6.45) is 6.39. The molecule has 0 aliphatic rings. The number of benzene rings is 1. The van der Waals surface area contributed by atoms with Crippen LogP contribution in [0.3, 0.4) is 0 Å². The van der Waals surface area contributed by atoms with Crippen molar-refractivity contribution in [3.8, 4) is 69.8 Å². The number of hydrogen-bond donors (Lipinski definition) is 0. The van der Waals surface area contributed by atoms with Crippen LogP contribution in [0.15, 0.2) is 97.6 Å². The van der Waals surface area contributed by atoms with Crippen LogP contribution in [0.25, 0.3) is 78.8 Å². The van der Waals surface area contributed by atoms with Gasteiger partial charge in [0.1, 0.15) is 80.3 Å². The average molecular weight is 617 g/mol. The van der Waals surface area contributed by atoms with E-state index in [1.807, 2.05) is 24.3 Å². The molecule has 0 unspecified atom stereocenters. The van der Waals surface area contributed by atoms with E-state index in [2.05, 4.69) is 19.9 Å². The Bertz CT molecular complexity index is 2320. The Labute approximate surface area is 271 Å². The van der Waals surface area contributed by atoms with Crippen LogP contribution in [0.4, 0.5) is 0 Å². The van der Waals surface area contributed by atoms with Crippen LogP contribution in [-0.4, -0.2) is 39.9 Å². The van der Waals surface area contributed by atoms with Gasteiger partial charge in [0.2, 0.25) is 0 Å². The lowest BCUT2D eigenvalue weighted by Crippen LogP contribution is -2.24. The average Bonchev–Trinajstić information content (AvgIpc) is 3.16. The van der Waals surface area contributed by atoms with Crippen LogP contribution >= 0.6 is 0 Å². The van der Waals surface area contributed by atoms with Crippen molar-refractivity contribution in [1.82, 2.24) is 39.9 Å². The van der Waals surface area contributed by atoms with Gasteiger partial charge < -0.3 is 0 Å². The number of pyridine rings is 4. The van der Waals surface area contributed by atoms with Gasteiger partial charge in [-0.1, -0.05) is 24.3 Å². The summed E-state index contributed by atoms with van der Waals surface area (Å²) in [7, 11) is 0. The fourth-order valence-corrected chi connectivity index (χ4v) is 5.27. The van der Waals surface area contributed by atoms with Crippen LogP contribution in [0.2, 0.25) is 0 Å². The standard InChI is InChI=1S/C36H16N12/c37-17-21(18-38)27-33-34(46-30(24-10-2-6-14-42-24)29(45-33)23-9-1-5-13-41-23)28(22(19-39)20-40)36-35(27)47-31(25-11-3-7-15-43-25)32(48-36)26-12-4-8-16-44-26/h1-16H. The number of aromatic nitrogens is 8. The molecule has 0 N–H and O–H groups in total. The lowest BCUT2D eigenvalue weighted by Gasteiger charge is -2.14. The third-order valence-corrected chi connectivity index (χ3v) is 7.32. The van der Waals surface area contributed by atoms with Crippen LogP contribution in [0, 0.1) is 45.3 Å². The minimum Gasteiger partial charge on any atom is -0.255 e. The highest BCUT2D eigenvalue weighted by Crippen LogP contribution is 2.31. The predicted molar refractivity (Wildman–Crippen MR) is 174 cm³/mol. The zero-order valence-corrected chi connectivity index (χ0v) is 24.6. The Hall–Kier alpha value is -7.80. The molecule has 0 bridgehead atoms. The summed E-state index contributed by atoms with van der Waals surface area (Å²) < 4.78 is 0. The normalized spacial score (nSPS) is 10.4. The van der Waals surface area contributed by atoms with Gasteiger partial charge >= 0.3 is 0 Å². The fourth-order valence-electron chi connectivity index (χ4n) is 5.27. The second kappa shape index (κ2) is 12.3. The van der Waals surface area contributed by atoms with Crippen LogP contribution in [0.5, 0.6) is 0 Å². The van der Waals surface area contributed by atoms with E-state index >= 15 is 0 Å². The molecular weight excluding hydrogens is 600 g/mol. The molecule has 0 spiro atoms. The maximum absolute atomic E-state index is 10.2. The van der Waals surface area contributed by atoms with Crippen LogP contribution in [0.1, 0.15) is 0 Å². The van der Waals surface area contributed by atoms with Gasteiger partial charge in [-0.3, -0.25) is 19.9 Å². The molecule has 48 heavy (non-hydrogen) atoms. The molecule has 0 atom stereocenters. The molecule has 0 aliphatic carbocycles. The van der Waals surface area contributed by atoms with E-state index < -0.39 is 0 Å². The van der Waals surface area contributed by atoms with Gasteiger partial charge in [0, 0.05) is 24.8 Å². The molecule has 7 rings (SSSR count). The first-order valence-corrected chi connectivity index (χ1v) is 14.3. The molecule has 7 aromatic rings. The van der Waals surface area contributed by atoms with Crippen LogP contribution in [-0.2, 0) is 0 Å². The quantitative estimate of drug-likeness (QED) is 0.256. The number of fused-ring (bicyclic) bond motifs is 2. The predicted octanol–water partition coefficient (Wildman–Crippen LogP) is 4.22. The Balaban J connectivity index is 1.82. The Morgan fingerprint density at radius 3 is 0.812 bits per heavy atom. The van der Waals surface area contributed by atoms with Crippen molar-refractivity contribution >= 4 is 33.2 Å². The van der Waals surface area contributed by atoms with Gasteiger partial charge in [0.05, 0.1) is 33.2 Å². The topological polar surface area (TPSA) is 198 Å². The molecule has 0 amide bonds. The van der Waals surface area contributed by atoms with E-state index in [-0.39, 0.29) is 43.7 Å². The molecule has 12 heteroatoms. The lowest BCUT2D eigenvalue weighted by atomic mass is 10.0. The third-order valence-electron chi connectivity index (χ3n) is 7.32. The molecule has 0 saturated heterocycles. The fraction of sp³-hybridized carbons (Fsp3) is 0. The summed E-state index contributed by atoms with van der Waals surface area (Å²) >= 11 is 0. The first-order valence-electron chi connectivity index (χ1n) is 14.3. The van der Waals surface area contributed by atoms with Crippen molar-refractivity contribution in [3.05, 3.63) is 108 Å². The van der Waals surface area contributed by atoms with Gasteiger partial charge in [-0.15, -0.1) is 0 Å². The Morgan fingerprint density at radius 2 is 0.625 bits per heavy atom. The van der Waals surface area contributed by atoms with E-state index in [0.717, 1.165) is 0 Å². The molecule has 0 fully saturated rings. The SMILES string of the molecule is N#CC(C#N)=c1c2nc(-c3ccccn3)c(-c3ccccn3)nc2c(=C(C#N)C#N)c2nc(-c3ccccn3)c(-c3ccccn3)nc12. The van der Waals surface area contributed by atoms with Crippen molar-refractivity contribution in [1.29, 1.82) is 21.0 Å². The van der Waals surface area contributed by atoms with Crippen molar-refractivity contribution in [2.75, 3.05) is 0 Å². The first kappa shape index (κ1) is 28.9. The largest absolute Gasteiger partial charge is 0.255 e. The van der Waals surface area contributed by atoms with Gasteiger partial charge in [-0.05, 0) is 48.5 Å². The maximum Gasteiger partial charge on any atom is 0.141 e. The highest BCUT2D eigenvalue weighted by atomic mass is 14.9. The zero-order valence-electron chi connectivity index (χ0n) is 24.6. The number of nitrogens with zero attached hydrogens (tertiary/aromatic N) is 12. The molecule has 1 aromatic carbocycles. The van der Waals surface area contributed by atoms with Crippen LogP contribution < -0.4 is 10.4 Å². The van der Waals surface area contributed by atoms with Gasteiger partial charge in [-0.25, -0.2) is 19.9 Å². The molecule has 12 nitrogen and oxygen atoms in total. The highest BCUT2D eigenvalue weighted by Gasteiger charge is 2.24. The zero-order chi connectivity index (χ0) is 33.0. The van der Waals surface area contributed by atoms with Crippen molar-refractivity contribution in [2.24, 2.45) is 0 Å². The van der Waals surface area contributed by atoms with E-state index in [0.29, 0.717) is 45.6 Å². The summed E-state index contributed by atoms with van der Waals surface area (Å²) in [6, 6.07) is 29.0. The number of hydrogen-bond acceptors (Lipinski definition) is 12.